The number of nitrogens with zero attached hydrogens (tertiary/aromatic N) is 8. The lowest BCUT2D eigenvalue weighted by Gasteiger charge is -2.31. The number of rotatable bonds is 7. The van der Waals surface area contributed by atoms with Crippen LogP contribution in [-0.2, 0) is 4.79 Å². The van der Waals surface area contributed by atoms with Crippen LogP contribution in [0.5, 0.6) is 17.2 Å². The second-order valence-corrected chi connectivity index (χ2v) is 11.0. The number of hydrogen-bond donors (Lipinski definition) is 1. The molecule has 0 atom stereocenters. The van der Waals surface area contributed by atoms with Gasteiger partial charge in [-0.25, -0.2) is 19.5 Å². The Hall–Kier alpha value is -5.07. The highest BCUT2D eigenvalue weighted by molar-refractivity contribution is 6.07. The molecule has 12 heteroatoms. The van der Waals surface area contributed by atoms with Crippen molar-refractivity contribution in [1.29, 1.82) is 0 Å². The zero-order valence-electron chi connectivity index (χ0n) is 24.7. The predicted molar refractivity (Wildman–Crippen MR) is 168 cm³/mol. The number of carbonyl (C=O) groups excluding carboxylic acids is 1. The van der Waals surface area contributed by atoms with E-state index in [1.54, 1.807) is 15.5 Å². The molecule has 0 unspecified atom stereocenters. The number of amides is 1. The minimum Gasteiger partial charge on any atom is -0.489 e. The van der Waals surface area contributed by atoms with Crippen molar-refractivity contribution >= 4 is 39.6 Å². The Labute approximate surface area is 254 Å². The summed E-state index contributed by atoms with van der Waals surface area (Å²) in [7, 11) is 2.14. The van der Waals surface area contributed by atoms with Crippen LogP contribution in [0.1, 0.15) is 5.56 Å². The van der Waals surface area contributed by atoms with Gasteiger partial charge in [0.2, 0.25) is 0 Å². The number of piperazine rings is 1. The number of nitrogens with one attached hydrogen (secondary N) is 1. The largest absolute Gasteiger partial charge is 0.489 e. The molecule has 2 aliphatic rings. The minimum absolute atomic E-state index is 0.0660. The van der Waals surface area contributed by atoms with E-state index in [4.69, 9.17) is 9.47 Å². The van der Waals surface area contributed by atoms with E-state index in [2.05, 4.69) is 42.2 Å². The van der Waals surface area contributed by atoms with Gasteiger partial charge in [-0.3, -0.25) is 9.69 Å². The molecule has 1 amide bonds. The summed E-state index contributed by atoms with van der Waals surface area (Å²) in [6.07, 6.45) is 8.48. The molecule has 0 bridgehead atoms. The van der Waals surface area contributed by atoms with Crippen molar-refractivity contribution in [2.75, 3.05) is 63.1 Å². The summed E-state index contributed by atoms with van der Waals surface area (Å²) < 4.78 is 14.0. The fourth-order valence-electron chi connectivity index (χ4n) is 5.54. The van der Waals surface area contributed by atoms with E-state index in [0.717, 1.165) is 60.6 Å². The van der Waals surface area contributed by atoms with Gasteiger partial charge in [-0.15, -0.1) is 0 Å². The summed E-state index contributed by atoms with van der Waals surface area (Å²) >= 11 is 0. The van der Waals surface area contributed by atoms with Gasteiger partial charge in [-0.2, -0.15) is 5.10 Å². The molecule has 44 heavy (non-hydrogen) atoms. The van der Waals surface area contributed by atoms with Crippen LogP contribution < -0.4 is 19.7 Å². The fraction of sp³-hybridized carbons (Fsp3) is 0.281. The Balaban J connectivity index is 1.11. The third-order valence-electron chi connectivity index (χ3n) is 7.99. The molecule has 0 aliphatic carbocycles. The number of carbonyl (C=O) groups is 1. The number of hydrogen-bond acceptors (Lipinski definition) is 10. The second kappa shape index (κ2) is 11.9. The number of fused-ring (bicyclic) bond motifs is 4. The Morgan fingerprint density at radius 2 is 1.91 bits per heavy atom. The number of likely N-dealkylation sites (N-methyl/N-ethyl adjacent to an activating group) is 1. The van der Waals surface area contributed by atoms with E-state index in [0.29, 0.717) is 41.8 Å². The highest BCUT2D eigenvalue weighted by Gasteiger charge is 2.26. The maximum absolute atomic E-state index is 13.3. The summed E-state index contributed by atoms with van der Waals surface area (Å²) in [6.45, 7) is 7.70. The van der Waals surface area contributed by atoms with Crippen LogP contribution in [0.3, 0.4) is 0 Å². The first kappa shape index (κ1) is 27.7. The van der Waals surface area contributed by atoms with E-state index in [9.17, 15) is 4.79 Å². The van der Waals surface area contributed by atoms with Crippen molar-refractivity contribution < 1.29 is 14.3 Å². The number of anilines is 3. The molecule has 0 saturated carbocycles. The van der Waals surface area contributed by atoms with Crippen LogP contribution in [0.2, 0.25) is 0 Å². The van der Waals surface area contributed by atoms with E-state index in [1.807, 2.05) is 61.7 Å². The second-order valence-electron chi connectivity index (χ2n) is 11.0. The average Bonchev–Trinajstić information content (AvgIpc) is 3.51. The zero-order valence-corrected chi connectivity index (χ0v) is 24.7. The van der Waals surface area contributed by atoms with Crippen molar-refractivity contribution in [3.8, 4) is 17.2 Å². The van der Waals surface area contributed by atoms with Crippen molar-refractivity contribution in [3.63, 3.8) is 0 Å². The normalized spacial score (nSPS) is 15.9. The fourth-order valence-corrected chi connectivity index (χ4v) is 5.54. The van der Waals surface area contributed by atoms with E-state index < -0.39 is 0 Å². The molecular weight excluding hydrogens is 558 g/mol. The maximum atomic E-state index is 13.3. The van der Waals surface area contributed by atoms with Crippen molar-refractivity contribution in [1.82, 2.24) is 34.4 Å². The van der Waals surface area contributed by atoms with Crippen molar-refractivity contribution in [2.24, 2.45) is 0 Å². The smallest absolute Gasteiger partial charge is 0.250 e. The van der Waals surface area contributed by atoms with Gasteiger partial charge >= 0.3 is 0 Å². The van der Waals surface area contributed by atoms with Gasteiger partial charge in [0, 0.05) is 56.8 Å². The van der Waals surface area contributed by atoms with Crippen LogP contribution in [0.4, 0.5) is 17.2 Å². The van der Waals surface area contributed by atoms with Crippen LogP contribution >= 0.6 is 0 Å². The molecule has 2 aliphatic heterocycles. The van der Waals surface area contributed by atoms with Gasteiger partial charge in [-0.1, -0.05) is 6.08 Å². The van der Waals surface area contributed by atoms with Gasteiger partial charge in [0.15, 0.2) is 11.4 Å². The monoisotopic (exact) mass is 591 g/mol. The molecule has 1 fully saturated rings. The van der Waals surface area contributed by atoms with Crippen LogP contribution in [0, 0.1) is 6.92 Å². The summed E-state index contributed by atoms with van der Waals surface area (Å²) in [5, 5.41) is 8.28. The standard InChI is InChI=1S/C32H33N9O3/c1-22-18-23(5-8-27(22)44-24-9-11-41-28(19-24)34-21-36-41)37-32-30-25(33-20-35-32)6-7-26-31(30)43-17-16-40(26)29(42)4-3-10-39-14-12-38(2)13-15-39/h3-9,11,18-21H,10,12-17H2,1-2H3,(H,33,35,37)/b4-3+. The predicted octanol–water partition coefficient (Wildman–Crippen LogP) is 4.05. The van der Waals surface area contributed by atoms with Crippen LogP contribution in [0.15, 0.2) is 73.5 Å². The Bertz CT molecular complexity index is 1860. The third kappa shape index (κ3) is 5.64. The van der Waals surface area contributed by atoms with Gasteiger partial charge in [0.25, 0.3) is 5.91 Å². The van der Waals surface area contributed by atoms with Gasteiger partial charge in [-0.05, 0) is 55.9 Å². The lowest BCUT2D eigenvalue weighted by atomic mass is 10.1. The quantitative estimate of drug-likeness (QED) is 0.278. The Morgan fingerprint density at radius 1 is 1.02 bits per heavy atom. The number of ether oxygens (including phenoxy) is 2. The Morgan fingerprint density at radius 3 is 2.77 bits per heavy atom. The van der Waals surface area contributed by atoms with Gasteiger partial charge in [0.1, 0.15) is 36.6 Å². The summed E-state index contributed by atoms with van der Waals surface area (Å²) in [6, 6.07) is 13.3. The summed E-state index contributed by atoms with van der Waals surface area (Å²) in [5.74, 6) is 2.52. The van der Waals surface area contributed by atoms with Crippen molar-refractivity contribution in [3.05, 3.63) is 79.0 Å². The molecule has 0 spiro atoms. The van der Waals surface area contributed by atoms with Crippen LogP contribution in [-0.4, -0.2) is 93.2 Å². The van der Waals surface area contributed by atoms with E-state index in [-0.39, 0.29) is 5.91 Å². The molecule has 3 aromatic heterocycles. The molecule has 12 nitrogen and oxygen atoms in total. The highest BCUT2D eigenvalue weighted by Crippen LogP contribution is 2.41. The van der Waals surface area contributed by atoms with Gasteiger partial charge in [0.05, 0.1) is 23.1 Å². The number of aryl methyl sites for hydroxylation is 1. The number of aromatic nitrogens is 5. The summed E-state index contributed by atoms with van der Waals surface area (Å²) in [4.78, 5) is 33.0. The molecule has 5 aromatic rings. The minimum atomic E-state index is -0.0660. The summed E-state index contributed by atoms with van der Waals surface area (Å²) in [5.41, 5.74) is 3.91. The lowest BCUT2D eigenvalue weighted by molar-refractivity contribution is -0.114. The number of pyridine rings is 1. The molecule has 5 heterocycles. The number of benzene rings is 2. The topological polar surface area (TPSA) is 113 Å². The van der Waals surface area contributed by atoms with Gasteiger partial charge < -0.3 is 24.6 Å². The molecule has 1 N–H and O–H groups in total. The molecule has 0 radical (unpaired) electrons. The first-order valence-corrected chi connectivity index (χ1v) is 14.7. The molecule has 7 rings (SSSR count). The molecule has 224 valence electrons. The first-order chi connectivity index (χ1) is 21.5. The lowest BCUT2D eigenvalue weighted by Crippen LogP contribution is -2.44. The molecule has 2 aromatic carbocycles. The third-order valence-corrected chi connectivity index (χ3v) is 7.99. The SMILES string of the molecule is Cc1cc(Nc2ncnc3ccc4c(c23)OCCN4C(=O)/C=C/CN2CCN(C)CC2)ccc1Oc1ccn2ncnc2c1. The highest BCUT2D eigenvalue weighted by atomic mass is 16.5. The Kier molecular flexibility index (Phi) is 7.50. The van der Waals surface area contributed by atoms with E-state index >= 15 is 0 Å². The van der Waals surface area contributed by atoms with Crippen LogP contribution in [0.25, 0.3) is 16.6 Å². The zero-order chi connectivity index (χ0) is 30.0. The molecule has 1 saturated heterocycles. The van der Waals surface area contributed by atoms with E-state index in [1.165, 1.54) is 12.7 Å². The van der Waals surface area contributed by atoms with Crippen molar-refractivity contribution in [2.45, 2.75) is 6.92 Å². The maximum Gasteiger partial charge on any atom is 0.250 e. The average molecular weight is 592 g/mol. The first-order valence-electron chi connectivity index (χ1n) is 14.7. The molecular formula is C32H33N9O3.